The van der Waals surface area contributed by atoms with E-state index in [1.807, 2.05) is 0 Å². The number of alkyl halides is 3. The third-order valence-electron chi connectivity index (χ3n) is 8.14. The van der Waals surface area contributed by atoms with Gasteiger partial charge < -0.3 is 60.0 Å². The normalized spacial score (nSPS) is 30.0. The van der Waals surface area contributed by atoms with Crippen molar-refractivity contribution in [1.82, 2.24) is 34.8 Å². The van der Waals surface area contributed by atoms with Crippen molar-refractivity contribution in [3.8, 4) is 0 Å². The van der Waals surface area contributed by atoms with Crippen LogP contribution in [0.2, 0.25) is 0 Å². The molecule has 3 aromatic heterocycles. The van der Waals surface area contributed by atoms with Crippen LogP contribution >= 0.6 is 13.4 Å². The fraction of sp³-hybridized carbons (Fsp3) is 0.600. The average molecular weight is 832 g/mol. The Balaban J connectivity index is 1.05. The maximum atomic E-state index is 16.0. The van der Waals surface area contributed by atoms with Gasteiger partial charge in [-0.15, -0.1) is 0 Å². The van der Waals surface area contributed by atoms with E-state index in [0.29, 0.717) is 0 Å². The van der Waals surface area contributed by atoms with Crippen LogP contribution in [0.4, 0.5) is 41.1 Å². The second kappa shape index (κ2) is 16.4. The smallest absolute Gasteiger partial charge is 0.412 e. The van der Waals surface area contributed by atoms with Gasteiger partial charge in [0.05, 0.1) is 25.6 Å². The van der Waals surface area contributed by atoms with Crippen LogP contribution in [0.25, 0.3) is 11.2 Å². The van der Waals surface area contributed by atoms with Crippen LogP contribution in [0.15, 0.2) is 19.0 Å². The predicted octanol–water partition coefficient (Wildman–Crippen LogP) is 0.674. The number of fused-ring (bicyclic) bond motifs is 1. The summed E-state index contributed by atoms with van der Waals surface area (Å²) in [5, 5.41) is 7.90. The molecule has 0 radical (unpaired) electrons. The molecule has 21 nitrogen and oxygen atoms in total. The van der Waals surface area contributed by atoms with E-state index in [1.54, 1.807) is 0 Å². The molecule has 3 aliphatic heterocycles. The highest BCUT2D eigenvalue weighted by Gasteiger charge is 2.50. The molecule has 6 rings (SSSR count). The zero-order chi connectivity index (χ0) is 38.1. The monoisotopic (exact) mass is 831 g/mol. The number of nitrogens with two attached hydrogens (primary N) is 2. The standard InChI is InChI=1S/C25H34F3N11O10P2S2/c26-10-1-11(31-3-10)4-44-25(40)38-21-16(29)20(33-8-34-21)37-23-13(27)2-12(47-23)5-46-51(43,53)49-18-14(6-45-50(41,42)52)48-24(15(18)28)39-9-36-17-19(30)32-7-35-22(17)39/h7-15,18,23-24,31H,1-6,29H2,(H,43,53)(H2,30,32,35)(H2,41,42,52)(H2,33,34,37,38,40)/t10-,11-,12-,13+,14?,15+,18?,23+,24+,51?/m0/s1. The third kappa shape index (κ3) is 9.83. The topological polar surface area (TPSA) is 291 Å². The van der Waals surface area contributed by atoms with Gasteiger partial charge in [-0.1, -0.05) is 0 Å². The summed E-state index contributed by atoms with van der Waals surface area (Å²) in [6.45, 7) is -9.67. The molecule has 0 bridgehead atoms. The number of hydrogen-bond acceptors (Lipinski definition) is 18. The van der Waals surface area contributed by atoms with Crippen LogP contribution in [-0.2, 0) is 51.4 Å². The number of halogens is 3. The molecule has 0 saturated carbocycles. The first-order chi connectivity index (χ1) is 25.1. The van der Waals surface area contributed by atoms with Gasteiger partial charge in [0, 0.05) is 19.0 Å². The lowest BCUT2D eigenvalue weighted by molar-refractivity contribution is -0.0426. The quantitative estimate of drug-likeness (QED) is 0.104. The van der Waals surface area contributed by atoms with Gasteiger partial charge in [0.25, 0.3) is 0 Å². The summed E-state index contributed by atoms with van der Waals surface area (Å²) in [5.41, 5.74) is 12.0. The number of nitrogen functional groups attached to an aromatic ring is 2. The molecule has 0 aliphatic carbocycles. The van der Waals surface area contributed by atoms with E-state index >= 15 is 8.78 Å². The Morgan fingerprint density at radius 2 is 1.77 bits per heavy atom. The Labute approximate surface area is 307 Å². The highest BCUT2D eigenvalue weighted by Crippen LogP contribution is 2.51. The first-order valence-electron chi connectivity index (χ1n) is 15.6. The van der Waals surface area contributed by atoms with E-state index < -0.39 is 82.0 Å². The van der Waals surface area contributed by atoms with E-state index in [0.717, 1.165) is 12.7 Å². The largest absolute Gasteiger partial charge is 0.448 e. The Kier molecular flexibility index (Phi) is 12.3. The van der Waals surface area contributed by atoms with Crippen LogP contribution < -0.4 is 27.4 Å². The zero-order valence-corrected chi connectivity index (χ0v) is 30.5. The number of nitrogens with zero attached hydrogens (tertiary/aromatic N) is 6. The van der Waals surface area contributed by atoms with Gasteiger partial charge in [-0.2, -0.15) is 0 Å². The fourth-order valence-corrected chi connectivity index (χ4v) is 7.65. The van der Waals surface area contributed by atoms with E-state index in [2.05, 4.69) is 52.7 Å². The van der Waals surface area contributed by atoms with Gasteiger partial charge in [-0.3, -0.25) is 14.4 Å². The van der Waals surface area contributed by atoms with Crippen molar-refractivity contribution in [3.05, 3.63) is 19.0 Å². The number of aromatic nitrogens is 6. The first kappa shape index (κ1) is 39.7. The summed E-state index contributed by atoms with van der Waals surface area (Å²) in [4.78, 5) is 62.2. The van der Waals surface area contributed by atoms with Gasteiger partial charge in [0.1, 0.15) is 55.0 Å². The third-order valence-corrected chi connectivity index (χ3v) is 10.5. The van der Waals surface area contributed by atoms with Crippen LogP contribution in [0.3, 0.4) is 0 Å². The van der Waals surface area contributed by atoms with Crippen molar-refractivity contribution in [2.45, 2.75) is 68.2 Å². The maximum absolute atomic E-state index is 16.0. The van der Waals surface area contributed by atoms with E-state index in [-0.39, 0.29) is 66.3 Å². The molecule has 53 heavy (non-hydrogen) atoms. The van der Waals surface area contributed by atoms with Crippen molar-refractivity contribution in [3.63, 3.8) is 0 Å². The summed E-state index contributed by atoms with van der Waals surface area (Å²) >= 11 is 9.61. The number of imidazole rings is 1. The van der Waals surface area contributed by atoms with Gasteiger partial charge in [-0.05, 0) is 30.0 Å². The summed E-state index contributed by atoms with van der Waals surface area (Å²) in [7, 11) is 0. The molecule has 3 aromatic rings. The van der Waals surface area contributed by atoms with Gasteiger partial charge in [0.2, 0.25) is 0 Å². The van der Waals surface area contributed by atoms with Crippen LogP contribution in [0.5, 0.6) is 0 Å². The van der Waals surface area contributed by atoms with Crippen LogP contribution in [-0.4, -0.2) is 126 Å². The van der Waals surface area contributed by atoms with Crippen molar-refractivity contribution < 1.29 is 60.4 Å². The van der Waals surface area contributed by atoms with Crippen molar-refractivity contribution in [2.75, 3.05) is 48.5 Å². The van der Waals surface area contributed by atoms with Gasteiger partial charge in [-0.25, -0.2) is 42.9 Å². The molecule has 292 valence electrons. The fourth-order valence-electron chi connectivity index (χ4n) is 5.67. The molecule has 0 spiro atoms. The highest BCUT2D eigenvalue weighted by atomic mass is 32.5. The molecule has 3 unspecified atom stereocenters. The molecule has 3 aliphatic rings. The van der Waals surface area contributed by atoms with Gasteiger partial charge >= 0.3 is 19.5 Å². The summed E-state index contributed by atoms with van der Waals surface area (Å²) < 4.78 is 78.0. The second-order valence-electron chi connectivity index (χ2n) is 11.9. The number of rotatable bonds is 14. The summed E-state index contributed by atoms with van der Waals surface area (Å²) in [6.07, 6.45) is -9.31. The molecule has 10 N–H and O–H groups in total. The molecule has 0 aromatic carbocycles. The van der Waals surface area contributed by atoms with E-state index in [1.165, 1.54) is 10.9 Å². The minimum atomic E-state index is -4.34. The SMILES string of the molecule is Nc1c(NC(=O)OC[C@@H]2C[C@H](F)CN2)ncnc1N[C@@H]1O[C@H](COP(O)(=S)OC2C(COP(O)(O)=S)O[C@@H](n3cnc4c(N)ncnc43)[C@@H]2F)C[C@H]1F. The van der Waals surface area contributed by atoms with Crippen LogP contribution in [0.1, 0.15) is 19.1 Å². The van der Waals surface area contributed by atoms with Crippen molar-refractivity contribution in [2.24, 2.45) is 0 Å². The number of carbonyl (C=O) groups excluding carboxylic acids is 1. The minimum absolute atomic E-state index is 0.0181. The number of amides is 1. The molecule has 3 saturated heterocycles. The Hall–Kier alpha value is -2.97. The second-order valence-corrected chi connectivity index (χ2v) is 17.4. The number of hydrogen-bond donors (Lipinski definition) is 8. The lowest BCUT2D eigenvalue weighted by Crippen LogP contribution is -2.34. The summed E-state index contributed by atoms with van der Waals surface area (Å²) in [6, 6.07) is -0.339. The number of carbonyl (C=O) groups is 1. The molecule has 6 heterocycles. The van der Waals surface area contributed by atoms with Crippen molar-refractivity contribution >= 4 is 77.4 Å². The lowest BCUT2D eigenvalue weighted by Gasteiger charge is -2.25. The first-order valence-corrected chi connectivity index (χ1v) is 20.8. The Bertz CT molecular complexity index is 1890. The minimum Gasteiger partial charge on any atom is -0.448 e. The highest BCUT2D eigenvalue weighted by molar-refractivity contribution is 8.07. The Morgan fingerprint density at radius 3 is 2.51 bits per heavy atom. The predicted molar refractivity (Wildman–Crippen MR) is 185 cm³/mol. The molecule has 10 atom stereocenters. The molecular weight excluding hydrogens is 797 g/mol. The van der Waals surface area contributed by atoms with E-state index in [4.69, 9.17) is 51.1 Å². The average Bonchev–Trinajstić information content (AvgIpc) is 3.87. The lowest BCUT2D eigenvalue weighted by atomic mass is 10.1. The number of ether oxygens (including phenoxy) is 3. The molecule has 1 amide bonds. The number of nitrogens with one attached hydrogen (secondary N) is 3. The number of anilines is 4. The van der Waals surface area contributed by atoms with Crippen molar-refractivity contribution in [1.29, 1.82) is 0 Å². The Morgan fingerprint density at radius 1 is 1.02 bits per heavy atom. The molecule has 3 fully saturated rings. The molecule has 28 heteroatoms. The zero-order valence-electron chi connectivity index (χ0n) is 27.1. The van der Waals surface area contributed by atoms with Crippen LogP contribution in [0, 0.1) is 0 Å². The molecular formula is C25H34F3N11O10P2S2. The maximum Gasteiger partial charge on any atom is 0.412 e. The van der Waals surface area contributed by atoms with E-state index in [9.17, 15) is 23.9 Å². The van der Waals surface area contributed by atoms with Gasteiger partial charge in [0.15, 0.2) is 41.7 Å². The summed E-state index contributed by atoms with van der Waals surface area (Å²) in [5.74, 6) is -0.219.